The normalized spacial score (nSPS) is 18.2. The van der Waals surface area contributed by atoms with Crippen molar-refractivity contribution in [2.24, 2.45) is 5.92 Å². The van der Waals surface area contributed by atoms with Crippen LogP contribution in [0.3, 0.4) is 0 Å². The third-order valence-corrected chi connectivity index (χ3v) is 2.11. The zero-order chi connectivity index (χ0) is 9.14. The standard InChI is InChI=1S/C9H15NO2/c1-6(9(11)10-2)8(12-3)7-4-5-7/h7H,4-5H2,1-3H3,(H,10,11). The molecule has 3 heteroatoms. The molecule has 1 aliphatic rings. The first-order valence-electron chi connectivity index (χ1n) is 4.17. The number of rotatable bonds is 3. The number of hydrogen-bond acceptors (Lipinski definition) is 2. The van der Waals surface area contributed by atoms with Gasteiger partial charge in [-0.1, -0.05) is 0 Å². The van der Waals surface area contributed by atoms with E-state index < -0.39 is 0 Å². The predicted molar refractivity (Wildman–Crippen MR) is 46.5 cm³/mol. The van der Waals surface area contributed by atoms with Crippen LogP contribution in [0.5, 0.6) is 0 Å². The van der Waals surface area contributed by atoms with E-state index in [1.807, 2.05) is 0 Å². The van der Waals surface area contributed by atoms with Crippen LogP contribution in [-0.2, 0) is 9.53 Å². The number of likely N-dealkylation sites (N-methyl/N-ethyl adjacent to an activating group) is 1. The van der Waals surface area contributed by atoms with Gasteiger partial charge < -0.3 is 10.1 Å². The highest BCUT2D eigenvalue weighted by atomic mass is 16.5. The van der Waals surface area contributed by atoms with E-state index in [0.29, 0.717) is 11.5 Å². The number of carbonyl (C=O) groups excluding carboxylic acids is 1. The molecule has 12 heavy (non-hydrogen) atoms. The molecular formula is C9H15NO2. The first-order chi connectivity index (χ1) is 5.70. The fourth-order valence-electron chi connectivity index (χ4n) is 1.27. The van der Waals surface area contributed by atoms with E-state index in [9.17, 15) is 4.79 Å². The molecule has 1 amide bonds. The third-order valence-electron chi connectivity index (χ3n) is 2.11. The molecule has 0 saturated heterocycles. The highest BCUT2D eigenvalue weighted by molar-refractivity contribution is 5.93. The van der Waals surface area contributed by atoms with Gasteiger partial charge in [-0.05, 0) is 19.8 Å². The molecule has 1 aliphatic carbocycles. The molecule has 0 atom stereocenters. The van der Waals surface area contributed by atoms with Crippen molar-refractivity contribution in [1.82, 2.24) is 5.32 Å². The zero-order valence-corrected chi connectivity index (χ0v) is 7.81. The Morgan fingerprint density at radius 3 is 2.42 bits per heavy atom. The maximum Gasteiger partial charge on any atom is 0.250 e. The molecule has 0 aromatic rings. The van der Waals surface area contributed by atoms with E-state index in [2.05, 4.69) is 5.32 Å². The lowest BCUT2D eigenvalue weighted by molar-refractivity contribution is -0.117. The zero-order valence-electron chi connectivity index (χ0n) is 7.81. The molecule has 0 spiro atoms. The van der Waals surface area contributed by atoms with Crippen LogP contribution >= 0.6 is 0 Å². The van der Waals surface area contributed by atoms with E-state index >= 15 is 0 Å². The van der Waals surface area contributed by atoms with E-state index in [4.69, 9.17) is 4.74 Å². The molecule has 3 nitrogen and oxygen atoms in total. The Labute approximate surface area is 72.8 Å². The van der Waals surface area contributed by atoms with Crippen LogP contribution in [0.1, 0.15) is 19.8 Å². The molecule has 68 valence electrons. The molecule has 1 saturated carbocycles. The summed E-state index contributed by atoms with van der Waals surface area (Å²) in [6, 6.07) is 0. The third kappa shape index (κ3) is 1.78. The number of amides is 1. The second-order valence-electron chi connectivity index (χ2n) is 3.05. The summed E-state index contributed by atoms with van der Waals surface area (Å²) in [4.78, 5) is 11.2. The van der Waals surface area contributed by atoms with Crippen LogP contribution in [-0.4, -0.2) is 20.1 Å². The van der Waals surface area contributed by atoms with Crippen molar-refractivity contribution in [2.45, 2.75) is 19.8 Å². The first-order valence-corrected chi connectivity index (χ1v) is 4.17. The Kier molecular flexibility index (Phi) is 2.74. The van der Waals surface area contributed by atoms with Crippen LogP contribution in [0.2, 0.25) is 0 Å². The predicted octanol–water partition coefficient (Wildman–Crippen LogP) is 1.06. The van der Waals surface area contributed by atoms with Crippen molar-refractivity contribution in [1.29, 1.82) is 0 Å². The van der Waals surface area contributed by atoms with E-state index in [-0.39, 0.29) is 5.91 Å². The summed E-state index contributed by atoms with van der Waals surface area (Å²) < 4.78 is 5.18. The van der Waals surface area contributed by atoms with E-state index in [1.165, 1.54) is 0 Å². The molecular weight excluding hydrogens is 154 g/mol. The molecule has 0 aliphatic heterocycles. The van der Waals surface area contributed by atoms with Gasteiger partial charge in [0.05, 0.1) is 12.7 Å². The quantitative estimate of drug-likeness (QED) is 0.507. The number of hydrogen-bond donors (Lipinski definition) is 1. The van der Waals surface area contributed by atoms with Crippen LogP contribution in [0.25, 0.3) is 0 Å². The summed E-state index contributed by atoms with van der Waals surface area (Å²) in [5.74, 6) is 1.31. The van der Waals surface area contributed by atoms with Gasteiger partial charge in [-0.25, -0.2) is 0 Å². The molecule has 1 N–H and O–H groups in total. The van der Waals surface area contributed by atoms with Gasteiger partial charge in [0.2, 0.25) is 5.91 Å². The van der Waals surface area contributed by atoms with Gasteiger partial charge in [0.25, 0.3) is 0 Å². The smallest absolute Gasteiger partial charge is 0.250 e. The lowest BCUT2D eigenvalue weighted by Crippen LogP contribution is -2.20. The average Bonchev–Trinajstić information content (AvgIpc) is 2.88. The van der Waals surface area contributed by atoms with Crippen molar-refractivity contribution in [3.8, 4) is 0 Å². The largest absolute Gasteiger partial charge is 0.500 e. The number of carbonyl (C=O) groups is 1. The molecule has 1 rings (SSSR count). The molecule has 0 aromatic carbocycles. The lowest BCUT2D eigenvalue weighted by atomic mass is 10.2. The highest BCUT2D eigenvalue weighted by Gasteiger charge is 2.29. The Morgan fingerprint density at radius 2 is 2.08 bits per heavy atom. The van der Waals surface area contributed by atoms with Crippen LogP contribution in [0, 0.1) is 5.92 Å². The minimum Gasteiger partial charge on any atom is -0.500 e. The van der Waals surface area contributed by atoms with E-state index in [0.717, 1.165) is 18.6 Å². The molecule has 0 heterocycles. The summed E-state index contributed by atoms with van der Waals surface area (Å²) in [6.45, 7) is 1.80. The Bertz CT molecular complexity index is 217. The average molecular weight is 169 g/mol. The van der Waals surface area contributed by atoms with Crippen LogP contribution < -0.4 is 5.32 Å². The summed E-state index contributed by atoms with van der Waals surface area (Å²) in [6.07, 6.45) is 2.30. The molecule has 0 unspecified atom stereocenters. The summed E-state index contributed by atoms with van der Waals surface area (Å²) >= 11 is 0. The summed E-state index contributed by atoms with van der Waals surface area (Å²) in [5.41, 5.74) is 0.711. The summed E-state index contributed by atoms with van der Waals surface area (Å²) in [5, 5.41) is 2.59. The fourth-order valence-corrected chi connectivity index (χ4v) is 1.27. The summed E-state index contributed by atoms with van der Waals surface area (Å²) in [7, 11) is 3.26. The number of ether oxygens (including phenoxy) is 1. The van der Waals surface area contributed by atoms with Crippen molar-refractivity contribution in [3.63, 3.8) is 0 Å². The minimum absolute atomic E-state index is 0.0428. The number of nitrogens with one attached hydrogen (secondary N) is 1. The fraction of sp³-hybridized carbons (Fsp3) is 0.667. The Balaban J connectivity index is 2.75. The van der Waals surface area contributed by atoms with Gasteiger partial charge in [-0.2, -0.15) is 0 Å². The highest BCUT2D eigenvalue weighted by Crippen LogP contribution is 2.38. The van der Waals surface area contributed by atoms with Gasteiger partial charge in [-0.15, -0.1) is 0 Å². The van der Waals surface area contributed by atoms with Crippen molar-refractivity contribution in [3.05, 3.63) is 11.3 Å². The number of methoxy groups -OCH3 is 1. The monoisotopic (exact) mass is 169 g/mol. The molecule has 0 radical (unpaired) electrons. The van der Waals surface area contributed by atoms with Gasteiger partial charge in [0, 0.05) is 13.0 Å². The Morgan fingerprint density at radius 1 is 1.50 bits per heavy atom. The first kappa shape index (κ1) is 9.10. The van der Waals surface area contributed by atoms with Crippen molar-refractivity contribution < 1.29 is 9.53 Å². The maximum atomic E-state index is 11.2. The SMILES string of the molecule is CNC(=O)C(C)=C(OC)C1CC1. The van der Waals surface area contributed by atoms with Gasteiger partial charge in [0.1, 0.15) is 5.76 Å². The van der Waals surface area contributed by atoms with Gasteiger partial charge >= 0.3 is 0 Å². The van der Waals surface area contributed by atoms with E-state index in [1.54, 1.807) is 21.1 Å². The maximum absolute atomic E-state index is 11.2. The van der Waals surface area contributed by atoms with Gasteiger partial charge in [0.15, 0.2) is 0 Å². The van der Waals surface area contributed by atoms with Crippen LogP contribution in [0.15, 0.2) is 11.3 Å². The van der Waals surface area contributed by atoms with Crippen LogP contribution in [0.4, 0.5) is 0 Å². The molecule has 0 aromatic heterocycles. The molecule has 1 fully saturated rings. The lowest BCUT2D eigenvalue weighted by Gasteiger charge is -2.08. The topological polar surface area (TPSA) is 38.3 Å². The minimum atomic E-state index is -0.0428. The van der Waals surface area contributed by atoms with Crippen molar-refractivity contribution in [2.75, 3.05) is 14.2 Å². The second kappa shape index (κ2) is 3.61. The Hall–Kier alpha value is -0.990. The number of allylic oxidation sites excluding steroid dienone is 1. The molecule has 0 bridgehead atoms. The van der Waals surface area contributed by atoms with Crippen molar-refractivity contribution >= 4 is 5.91 Å². The second-order valence-corrected chi connectivity index (χ2v) is 3.05. The van der Waals surface area contributed by atoms with Gasteiger partial charge in [-0.3, -0.25) is 4.79 Å².